The van der Waals surface area contributed by atoms with Gasteiger partial charge in [0.2, 0.25) is 11.8 Å². The first-order chi connectivity index (χ1) is 19.0. The van der Waals surface area contributed by atoms with Crippen molar-refractivity contribution >= 4 is 66.7 Å². The zero-order chi connectivity index (χ0) is 29.4. The second kappa shape index (κ2) is 14.2. The van der Waals surface area contributed by atoms with Crippen molar-refractivity contribution in [3.8, 4) is 5.75 Å². The van der Waals surface area contributed by atoms with Crippen LogP contribution >= 0.6 is 39.1 Å². The van der Waals surface area contributed by atoms with Crippen LogP contribution in [0.25, 0.3) is 0 Å². The lowest BCUT2D eigenvalue weighted by atomic mass is 10.1. The van der Waals surface area contributed by atoms with Crippen molar-refractivity contribution in [2.24, 2.45) is 0 Å². The maximum Gasteiger partial charge on any atom is 0.264 e. The van der Waals surface area contributed by atoms with Crippen molar-refractivity contribution in [2.45, 2.75) is 37.8 Å². The molecule has 0 aliphatic carbocycles. The molecule has 0 fully saturated rings. The van der Waals surface area contributed by atoms with Crippen LogP contribution in [0.15, 0.2) is 76.1 Å². The lowest BCUT2D eigenvalue weighted by Crippen LogP contribution is -2.51. The number of benzene rings is 3. The van der Waals surface area contributed by atoms with Gasteiger partial charge in [0.1, 0.15) is 18.3 Å². The Balaban J connectivity index is 2.09. The number of nitrogens with one attached hydrogen (secondary N) is 1. The van der Waals surface area contributed by atoms with E-state index in [0.717, 1.165) is 4.31 Å². The van der Waals surface area contributed by atoms with Crippen LogP contribution in [-0.2, 0) is 26.2 Å². The predicted octanol–water partition coefficient (Wildman–Crippen LogP) is 5.90. The fourth-order valence-electron chi connectivity index (χ4n) is 4.08. The van der Waals surface area contributed by atoms with E-state index < -0.39 is 34.4 Å². The van der Waals surface area contributed by atoms with Gasteiger partial charge in [-0.2, -0.15) is 0 Å². The molecule has 0 heterocycles. The van der Waals surface area contributed by atoms with Crippen molar-refractivity contribution < 1.29 is 22.7 Å². The van der Waals surface area contributed by atoms with E-state index in [-0.39, 0.29) is 23.5 Å². The highest BCUT2D eigenvalue weighted by molar-refractivity contribution is 9.10. The van der Waals surface area contributed by atoms with Gasteiger partial charge in [0, 0.05) is 33.7 Å². The van der Waals surface area contributed by atoms with Gasteiger partial charge in [-0.05, 0) is 74.0 Å². The Hall–Kier alpha value is -2.79. The van der Waals surface area contributed by atoms with Crippen LogP contribution in [0.4, 0.5) is 5.69 Å². The number of anilines is 1. The maximum atomic E-state index is 14.0. The fraction of sp³-hybridized carbons (Fsp3) is 0.286. The zero-order valence-electron chi connectivity index (χ0n) is 22.2. The summed E-state index contributed by atoms with van der Waals surface area (Å²) in [5.74, 6) is -0.456. The topological polar surface area (TPSA) is 96.0 Å². The monoisotopic (exact) mass is 669 g/mol. The second-order valence-corrected chi connectivity index (χ2v) is 12.2. The van der Waals surface area contributed by atoms with Crippen molar-refractivity contribution in [2.75, 3.05) is 24.5 Å². The Kier molecular flexibility index (Phi) is 11.3. The molecule has 3 rings (SSSR count). The second-order valence-electron chi connectivity index (χ2n) is 8.65. The maximum absolute atomic E-state index is 14.0. The van der Waals surface area contributed by atoms with Gasteiger partial charge >= 0.3 is 0 Å². The van der Waals surface area contributed by atoms with E-state index in [1.165, 1.54) is 24.1 Å². The summed E-state index contributed by atoms with van der Waals surface area (Å²) in [6.07, 6.45) is 0.274. The standard InChI is InChI=1S/C28H30BrCl2N3O5S/c1-4-26(28(36)32-3)33(17-23-24(30)7-6-8-25(23)31)27(35)18-34(20-11-13-21(14-12-20)39-5-2)40(37,38)22-15-9-19(29)10-16-22/h6-16,26H,4-5,17-18H2,1-3H3,(H,32,36). The highest BCUT2D eigenvalue weighted by Crippen LogP contribution is 2.30. The third kappa shape index (κ3) is 7.48. The molecule has 1 unspecified atom stereocenters. The van der Waals surface area contributed by atoms with Crippen molar-refractivity contribution in [1.82, 2.24) is 10.2 Å². The van der Waals surface area contributed by atoms with Crippen molar-refractivity contribution in [1.29, 1.82) is 0 Å². The van der Waals surface area contributed by atoms with E-state index in [9.17, 15) is 18.0 Å². The van der Waals surface area contributed by atoms with Gasteiger partial charge in [0.15, 0.2) is 0 Å². The van der Waals surface area contributed by atoms with Crippen LogP contribution in [0, 0.1) is 0 Å². The molecule has 0 bridgehead atoms. The van der Waals surface area contributed by atoms with Crippen LogP contribution in [0.3, 0.4) is 0 Å². The molecule has 0 radical (unpaired) electrons. The van der Waals surface area contributed by atoms with Gasteiger partial charge in [-0.1, -0.05) is 52.1 Å². The minimum Gasteiger partial charge on any atom is -0.494 e. The Morgan fingerprint density at radius 2 is 1.57 bits per heavy atom. The van der Waals surface area contributed by atoms with E-state index in [1.807, 2.05) is 6.92 Å². The molecular weight excluding hydrogens is 641 g/mol. The van der Waals surface area contributed by atoms with E-state index >= 15 is 0 Å². The van der Waals surface area contributed by atoms with Gasteiger partial charge in [0.05, 0.1) is 17.2 Å². The summed E-state index contributed by atoms with van der Waals surface area (Å²) in [7, 11) is -2.73. The first-order valence-corrected chi connectivity index (χ1v) is 15.5. The third-order valence-corrected chi connectivity index (χ3v) is 9.16. The van der Waals surface area contributed by atoms with Crippen molar-refractivity contribution in [3.05, 3.63) is 86.8 Å². The largest absolute Gasteiger partial charge is 0.494 e. The molecule has 214 valence electrons. The fourth-order valence-corrected chi connectivity index (χ4v) is 6.27. The summed E-state index contributed by atoms with van der Waals surface area (Å²) in [4.78, 5) is 28.1. The molecule has 1 N–H and O–H groups in total. The molecule has 2 amide bonds. The molecule has 8 nitrogen and oxygen atoms in total. The zero-order valence-corrected chi connectivity index (χ0v) is 26.1. The van der Waals surface area contributed by atoms with Crippen LogP contribution < -0.4 is 14.4 Å². The minimum absolute atomic E-state index is 0.00331. The average molecular weight is 671 g/mol. The molecular formula is C28H30BrCl2N3O5S. The van der Waals surface area contributed by atoms with E-state index in [0.29, 0.717) is 32.4 Å². The van der Waals surface area contributed by atoms with Gasteiger partial charge in [0.25, 0.3) is 10.0 Å². The molecule has 0 aliphatic heterocycles. The summed E-state index contributed by atoms with van der Waals surface area (Å²) in [5, 5.41) is 3.23. The third-order valence-electron chi connectivity index (χ3n) is 6.14. The smallest absolute Gasteiger partial charge is 0.264 e. The number of hydrogen-bond donors (Lipinski definition) is 1. The first-order valence-electron chi connectivity index (χ1n) is 12.5. The molecule has 12 heteroatoms. The number of rotatable bonds is 12. The Morgan fingerprint density at radius 1 is 0.975 bits per heavy atom. The number of likely N-dealkylation sites (N-methyl/N-ethyl adjacent to an activating group) is 1. The van der Waals surface area contributed by atoms with Crippen LogP contribution in [0.5, 0.6) is 5.75 Å². The van der Waals surface area contributed by atoms with Gasteiger partial charge < -0.3 is 15.0 Å². The van der Waals surface area contributed by atoms with E-state index in [2.05, 4.69) is 21.2 Å². The Morgan fingerprint density at radius 3 is 2.10 bits per heavy atom. The summed E-state index contributed by atoms with van der Waals surface area (Å²) in [5.41, 5.74) is 0.702. The number of ether oxygens (including phenoxy) is 1. The lowest BCUT2D eigenvalue weighted by molar-refractivity contribution is -0.140. The number of sulfonamides is 1. The molecule has 3 aromatic rings. The number of carbonyl (C=O) groups is 2. The van der Waals surface area contributed by atoms with E-state index in [4.69, 9.17) is 27.9 Å². The van der Waals surface area contributed by atoms with Crippen LogP contribution in [-0.4, -0.2) is 51.4 Å². The number of nitrogens with zero attached hydrogens (tertiary/aromatic N) is 2. The highest BCUT2D eigenvalue weighted by Gasteiger charge is 2.34. The molecule has 1 atom stereocenters. The SMILES string of the molecule is CCOc1ccc(N(CC(=O)N(Cc2c(Cl)cccc2Cl)C(CC)C(=O)NC)S(=O)(=O)c2ccc(Br)cc2)cc1. The molecule has 0 saturated heterocycles. The summed E-state index contributed by atoms with van der Waals surface area (Å²) in [6, 6.07) is 16.6. The molecule has 3 aromatic carbocycles. The quantitative estimate of drug-likeness (QED) is 0.259. The number of carbonyl (C=O) groups excluding carboxylic acids is 2. The van der Waals surface area contributed by atoms with Crippen molar-refractivity contribution in [3.63, 3.8) is 0 Å². The number of halogens is 3. The molecule has 0 aliphatic rings. The Labute approximate surface area is 253 Å². The lowest BCUT2D eigenvalue weighted by Gasteiger charge is -2.33. The van der Waals surface area contributed by atoms with Gasteiger partial charge in [-0.25, -0.2) is 8.42 Å². The van der Waals surface area contributed by atoms with E-state index in [1.54, 1.807) is 61.5 Å². The number of amides is 2. The number of hydrogen-bond acceptors (Lipinski definition) is 5. The predicted molar refractivity (Wildman–Crippen MR) is 161 cm³/mol. The molecule has 0 aromatic heterocycles. The highest BCUT2D eigenvalue weighted by atomic mass is 79.9. The minimum atomic E-state index is -4.20. The normalized spacial score (nSPS) is 11.9. The molecule has 40 heavy (non-hydrogen) atoms. The van der Waals surface area contributed by atoms with Gasteiger partial charge in [-0.15, -0.1) is 0 Å². The average Bonchev–Trinajstić information content (AvgIpc) is 2.93. The Bertz CT molecular complexity index is 1420. The van der Waals surface area contributed by atoms with Crippen LogP contribution in [0.2, 0.25) is 10.0 Å². The molecule has 0 spiro atoms. The first kappa shape index (κ1) is 31.7. The summed E-state index contributed by atoms with van der Waals surface area (Å²) >= 11 is 16.1. The summed E-state index contributed by atoms with van der Waals surface area (Å²) in [6.45, 7) is 3.36. The summed E-state index contributed by atoms with van der Waals surface area (Å²) < 4.78 is 35.0. The molecule has 0 saturated carbocycles. The van der Waals surface area contributed by atoms with Gasteiger partial charge in [-0.3, -0.25) is 13.9 Å². The van der Waals surface area contributed by atoms with Crippen LogP contribution in [0.1, 0.15) is 25.8 Å².